The Hall–Kier alpha value is -0.800. The van der Waals surface area contributed by atoms with Crippen molar-refractivity contribution in [3.8, 4) is 0 Å². The molecule has 3 heteroatoms. The molecule has 2 rings (SSSR count). The van der Waals surface area contributed by atoms with Crippen LogP contribution in [0.5, 0.6) is 0 Å². The van der Waals surface area contributed by atoms with Crippen molar-refractivity contribution in [2.24, 2.45) is 0 Å². The highest BCUT2D eigenvalue weighted by Crippen LogP contribution is 2.22. The molecule has 1 N–H and O–H groups in total. The quantitative estimate of drug-likeness (QED) is 0.866. The van der Waals surface area contributed by atoms with E-state index in [2.05, 4.69) is 37.4 Å². The monoisotopic (exact) mass is 237 g/mol. The second-order valence-electron chi connectivity index (χ2n) is 4.29. The van der Waals surface area contributed by atoms with Crippen molar-refractivity contribution in [3.05, 3.63) is 34.2 Å². The van der Waals surface area contributed by atoms with Crippen LogP contribution in [0, 0.1) is 6.92 Å². The van der Waals surface area contributed by atoms with E-state index >= 15 is 0 Å². The Morgan fingerprint density at radius 1 is 1.56 bits per heavy atom. The van der Waals surface area contributed by atoms with E-state index in [1.165, 1.54) is 9.75 Å². The summed E-state index contributed by atoms with van der Waals surface area (Å²) < 4.78 is 5.53. The molecule has 1 aliphatic heterocycles. The van der Waals surface area contributed by atoms with Gasteiger partial charge >= 0.3 is 0 Å². The normalized spacial score (nSPS) is 21.8. The molecule has 1 aliphatic rings. The largest absolute Gasteiger partial charge is 0.497 e. The zero-order valence-electron chi connectivity index (χ0n) is 9.90. The van der Waals surface area contributed by atoms with E-state index < -0.39 is 0 Å². The first-order valence-electron chi connectivity index (χ1n) is 5.86. The minimum absolute atomic E-state index is 0.341. The SMILES string of the molecule is Cc1ccc(C(C)NCC2CCC=CO2)s1. The number of hydrogen-bond donors (Lipinski definition) is 1. The number of nitrogens with one attached hydrogen (secondary N) is 1. The van der Waals surface area contributed by atoms with Crippen molar-refractivity contribution >= 4 is 11.3 Å². The zero-order chi connectivity index (χ0) is 11.4. The average molecular weight is 237 g/mol. The van der Waals surface area contributed by atoms with E-state index in [-0.39, 0.29) is 0 Å². The fraction of sp³-hybridized carbons (Fsp3) is 0.538. The Morgan fingerprint density at radius 3 is 3.06 bits per heavy atom. The van der Waals surface area contributed by atoms with Gasteiger partial charge in [-0.15, -0.1) is 11.3 Å². The van der Waals surface area contributed by atoms with E-state index in [0.29, 0.717) is 12.1 Å². The third-order valence-corrected chi connectivity index (χ3v) is 4.05. The van der Waals surface area contributed by atoms with Crippen molar-refractivity contribution in [1.29, 1.82) is 0 Å². The van der Waals surface area contributed by atoms with E-state index in [4.69, 9.17) is 4.74 Å². The molecule has 0 aromatic carbocycles. The Balaban J connectivity index is 1.79. The maximum Gasteiger partial charge on any atom is 0.110 e. The summed E-state index contributed by atoms with van der Waals surface area (Å²) in [6.07, 6.45) is 6.52. The Morgan fingerprint density at radius 2 is 2.44 bits per heavy atom. The van der Waals surface area contributed by atoms with Gasteiger partial charge in [-0.2, -0.15) is 0 Å². The predicted octanol–water partition coefficient (Wildman–Crippen LogP) is 3.40. The van der Waals surface area contributed by atoms with Gasteiger partial charge in [-0.05, 0) is 44.9 Å². The maximum absolute atomic E-state index is 5.53. The highest BCUT2D eigenvalue weighted by Gasteiger charge is 2.13. The summed E-state index contributed by atoms with van der Waals surface area (Å²) in [6, 6.07) is 4.81. The van der Waals surface area contributed by atoms with Gasteiger partial charge in [-0.1, -0.05) is 0 Å². The Kier molecular flexibility index (Phi) is 4.02. The maximum atomic E-state index is 5.53. The lowest BCUT2D eigenvalue weighted by molar-refractivity contribution is 0.120. The first-order chi connectivity index (χ1) is 7.75. The van der Waals surface area contributed by atoms with E-state index in [1.807, 2.05) is 17.6 Å². The van der Waals surface area contributed by atoms with Gasteiger partial charge in [0, 0.05) is 22.3 Å². The number of allylic oxidation sites excluding steroid dienone is 1. The van der Waals surface area contributed by atoms with Gasteiger partial charge in [0.2, 0.25) is 0 Å². The van der Waals surface area contributed by atoms with Crippen molar-refractivity contribution < 1.29 is 4.74 Å². The third-order valence-electron chi connectivity index (χ3n) is 2.86. The van der Waals surface area contributed by atoms with Crippen LogP contribution in [0.25, 0.3) is 0 Å². The van der Waals surface area contributed by atoms with E-state index in [0.717, 1.165) is 19.4 Å². The van der Waals surface area contributed by atoms with Crippen LogP contribution in [0.15, 0.2) is 24.5 Å². The van der Waals surface area contributed by atoms with Crippen molar-refractivity contribution in [2.75, 3.05) is 6.54 Å². The highest BCUT2D eigenvalue weighted by atomic mass is 32.1. The molecule has 0 spiro atoms. The van der Waals surface area contributed by atoms with Crippen LogP contribution in [0.4, 0.5) is 0 Å². The molecule has 1 aromatic rings. The standard InChI is InChI=1S/C13H19NOS/c1-10-6-7-13(16-10)11(2)14-9-12-5-3-4-8-15-12/h4,6-8,11-12,14H,3,5,9H2,1-2H3. The molecule has 0 saturated carbocycles. The van der Waals surface area contributed by atoms with Gasteiger partial charge in [-0.25, -0.2) is 0 Å². The summed E-state index contributed by atoms with van der Waals surface area (Å²) >= 11 is 1.87. The minimum Gasteiger partial charge on any atom is -0.497 e. The number of thiophene rings is 1. The first-order valence-corrected chi connectivity index (χ1v) is 6.67. The van der Waals surface area contributed by atoms with Gasteiger partial charge < -0.3 is 10.1 Å². The van der Waals surface area contributed by atoms with Crippen LogP contribution in [0.3, 0.4) is 0 Å². The summed E-state index contributed by atoms with van der Waals surface area (Å²) in [5.41, 5.74) is 0. The molecule has 0 aliphatic carbocycles. The molecule has 0 saturated heterocycles. The van der Waals surface area contributed by atoms with Gasteiger partial charge in [0.15, 0.2) is 0 Å². The molecule has 0 radical (unpaired) electrons. The molecular weight excluding hydrogens is 218 g/mol. The van der Waals surface area contributed by atoms with Crippen LogP contribution < -0.4 is 5.32 Å². The molecule has 1 aromatic heterocycles. The Bertz CT molecular complexity index is 359. The van der Waals surface area contributed by atoms with Gasteiger partial charge in [-0.3, -0.25) is 0 Å². The molecule has 16 heavy (non-hydrogen) atoms. The van der Waals surface area contributed by atoms with Crippen molar-refractivity contribution in [3.63, 3.8) is 0 Å². The van der Waals surface area contributed by atoms with E-state index in [1.54, 1.807) is 0 Å². The molecule has 88 valence electrons. The highest BCUT2D eigenvalue weighted by molar-refractivity contribution is 7.12. The van der Waals surface area contributed by atoms with Crippen LogP contribution in [0.2, 0.25) is 0 Å². The molecule has 2 heterocycles. The van der Waals surface area contributed by atoms with Gasteiger partial charge in [0.25, 0.3) is 0 Å². The number of hydrogen-bond acceptors (Lipinski definition) is 3. The molecule has 0 amide bonds. The lowest BCUT2D eigenvalue weighted by Gasteiger charge is -2.21. The number of ether oxygens (including phenoxy) is 1. The lowest BCUT2D eigenvalue weighted by atomic mass is 10.1. The average Bonchev–Trinajstić information content (AvgIpc) is 2.74. The first kappa shape index (κ1) is 11.7. The smallest absolute Gasteiger partial charge is 0.110 e. The van der Waals surface area contributed by atoms with Crippen LogP contribution in [0.1, 0.15) is 35.6 Å². The fourth-order valence-corrected chi connectivity index (χ4v) is 2.73. The van der Waals surface area contributed by atoms with Crippen molar-refractivity contribution in [2.45, 2.75) is 38.8 Å². The second kappa shape index (κ2) is 5.51. The zero-order valence-corrected chi connectivity index (χ0v) is 10.7. The predicted molar refractivity (Wildman–Crippen MR) is 68.7 cm³/mol. The number of rotatable bonds is 4. The molecule has 0 fully saturated rings. The van der Waals surface area contributed by atoms with E-state index in [9.17, 15) is 0 Å². The van der Waals surface area contributed by atoms with Gasteiger partial charge in [0.1, 0.15) is 6.10 Å². The summed E-state index contributed by atoms with van der Waals surface area (Å²) in [6.45, 7) is 5.29. The van der Waals surface area contributed by atoms with Crippen LogP contribution >= 0.6 is 11.3 Å². The van der Waals surface area contributed by atoms with Gasteiger partial charge in [0.05, 0.1) is 6.26 Å². The lowest BCUT2D eigenvalue weighted by Crippen LogP contribution is -2.30. The number of aryl methyl sites for hydroxylation is 1. The molecule has 2 unspecified atom stereocenters. The third kappa shape index (κ3) is 3.09. The summed E-state index contributed by atoms with van der Waals surface area (Å²) in [4.78, 5) is 2.78. The molecule has 0 bridgehead atoms. The van der Waals surface area contributed by atoms with Crippen molar-refractivity contribution in [1.82, 2.24) is 5.32 Å². The molecule has 2 nitrogen and oxygen atoms in total. The minimum atomic E-state index is 0.341. The second-order valence-corrected chi connectivity index (χ2v) is 5.61. The topological polar surface area (TPSA) is 21.3 Å². The summed E-state index contributed by atoms with van der Waals surface area (Å²) in [5, 5.41) is 3.53. The summed E-state index contributed by atoms with van der Waals surface area (Å²) in [5.74, 6) is 0. The molecule has 2 atom stereocenters. The Labute approximate surface area is 101 Å². The van der Waals surface area contributed by atoms with Crippen LogP contribution in [-0.4, -0.2) is 12.6 Å². The summed E-state index contributed by atoms with van der Waals surface area (Å²) in [7, 11) is 0. The van der Waals surface area contributed by atoms with Crippen LogP contribution in [-0.2, 0) is 4.74 Å². The fourth-order valence-electron chi connectivity index (χ4n) is 1.83. The molecular formula is C13H19NOS.